The molecule has 2 heterocycles. The fourth-order valence-corrected chi connectivity index (χ4v) is 4.40. The van der Waals surface area contributed by atoms with Crippen molar-refractivity contribution in [3.05, 3.63) is 70.6 Å². The molecule has 1 amide bonds. The number of thiazole rings is 1. The summed E-state index contributed by atoms with van der Waals surface area (Å²) in [5.74, 6) is -0.166. The number of nitrogens with one attached hydrogen (secondary N) is 1. The molecule has 1 N–H and O–H groups in total. The Morgan fingerprint density at radius 3 is 2.58 bits per heavy atom. The van der Waals surface area contributed by atoms with Gasteiger partial charge < -0.3 is 5.32 Å². The van der Waals surface area contributed by atoms with Crippen molar-refractivity contribution in [1.82, 2.24) is 4.98 Å². The largest absolute Gasteiger partial charge is 0.320 e. The van der Waals surface area contributed by atoms with Crippen molar-refractivity contribution >= 4 is 56.1 Å². The average Bonchev–Trinajstić information content (AvgIpc) is 3.23. The highest BCUT2D eigenvalue weighted by molar-refractivity contribution is 7.26. The molecule has 0 saturated heterocycles. The molecule has 0 aliphatic rings. The second kappa shape index (κ2) is 6.36. The zero-order valence-corrected chi connectivity index (χ0v) is 14.7. The Labute approximate surface area is 151 Å². The van der Waals surface area contributed by atoms with Gasteiger partial charge in [0, 0.05) is 0 Å². The summed E-state index contributed by atoms with van der Waals surface area (Å²) in [6.45, 7) is 0. The molecule has 0 spiro atoms. The van der Waals surface area contributed by atoms with Gasteiger partial charge in [0.1, 0.15) is 5.01 Å². The van der Waals surface area contributed by atoms with Gasteiger partial charge in [-0.1, -0.05) is 35.9 Å². The van der Waals surface area contributed by atoms with Gasteiger partial charge in [-0.05, 0) is 36.4 Å². The average molecular weight is 371 g/mol. The zero-order chi connectivity index (χ0) is 16.5. The molecule has 2 aromatic carbocycles. The molecule has 3 nitrogen and oxygen atoms in total. The Hall–Kier alpha value is -2.21. The van der Waals surface area contributed by atoms with Gasteiger partial charge >= 0.3 is 0 Å². The summed E-state index contributed by atoms with van der Waals surface area (Å²) < 4.78 is 1.14. The van der Waals surface area contributed by atoms with Crippen LogP contribution in [0.15, 0.2) is 60.7 Å². The van der Waals surface area contributed by atoms with Crippen molar-refractivity contribution in [3.8, 4) is 9.88 Å². The number of halogens is 1. The number of aromatic nitrogens is 1. The van der Waals surface area contributed by atoms with Gasteiger partial charge in [0.05, 0.1) is 30.7 Å². The number of anilines is 1. The quantitative estimate of drug-likeness (QED) is 0.485. The Morgan fingerprint density at radius 1 is 0.958 bits per heavy atom. The molecule has 0 radical (unpaired) electrons. The molecule has 4 aromatic rings. The second-order valence-corrected chi connectivity index (χ2v) is 7.61. The maximum atomic E-state index is 12.4. The summed E-state index contributed by atoms with van der Waals surface area (Å²) in [5.41, 5.74) is 1.59. The third kappa shape index (κ3) is 2.94. The molecule has 0 aliphatic heterocycles. The number of carbonyl (C=O) groups excluding carboxylic acids is 1. The summed E-state index contributed by atoms with van der Waals surface area (Å²) in [6.07, 6.45) is 0. The first-order chi connectivity index (χ1) is 11.7. The first-order valence-electron chi connectivity index (χ1n) is 7.22. The van der Waals surface area contributed by atoms with Crippen molar-refractivity contribution in [2.75, 3.05) is 5.32 Å². The number of thiophene rings is 1. The fraction of sp³-hybridized carbons (Fsp3) is 0. The SMILES string of the molecule is O=C(Nc1ccccc1Cl)c1ccc(-c2nc3ccccc3s2)s1. The summed E-state index contributed by atoms with van der Waals surface area (Å²) in [4.78, 5) is 18.7. The number of para-hydroxylation sites is 2. The van der Waals surface area contributed by atoms with Crippen molar-refractivity contribution in [1.29, 1.82) is 0 Å². The van der Waals surface area contributed by atoms with Crippen LogP contribution in [0.2, 0.25) is 5.02 Å². The predicted molar refractivity (Wildman–Crippen MR) is 102 cm³/mol. The van der Waals surface area contributed by atoms with Gasteiger partial charge in [-0.25, -0.2) is 4.98 Å². The van der Waals surface area contributed by atoms with E-state index in [1.54, 1.807) is 23.5 Å². The van der Waals surface area contributed by atoms with E-state index in [4.69, 9.17) is 11.6 Å². The Morgan fingerprint density at radius 2 is 1.75 bits per heavy atom. The van der Waals surface area contributed by atoms with Gasteiger partial charge in [-0.2, -0.15) is 0 Å². The fourth-order valence-electron chi connectivity index (χ4n) is 2.30. The summed E-state index contributed by atoms with van der Waals surface area (Å²) in [5, 5.41) is 4.29. The normalized spacial score (nSPS) is 10.9. The van der Waals surface area contributed by atoms with Crippen LogP contribution in [0.3, 0.4) is 0 Å². The van der Waals surface area contributed by atoms with E-state index in [0.717, 1.165) is 20.1 Å². The summed E-state index contributed by atoms with van der Waals surface area (Å²) in [6, 6.07) is 19.0. The minimum Gasteiger partial charge on any atom is -0.320 e. The first kappa shape index (κ1) is 15.3. The minimum atomic E-state index is -0.166. The van der Waals surface area contributed by atoms with Gasteiger partial charge in [0.25, 0.3) is 5.91 Å². The maximum absolute atomic E-state index is 12.4. The standard InChI is InChI=1S/C18H11ClN2OS2/c19-11-5-1-2-6-12(11)20-17(22)15-9-10-16(23-15)18-21-13-7-3-4-8-14(13)24-18/h1-10H,(H,20,22). The van der Waals surface area contributed by atoms with Crippen molar-refractivity contribution in [3.63, 3.8) is 0 Å². The minimum absolute atomic E-state index is 0.166. The molecule has 0 unspecified atom stereocenters. The molecule has 118 valence electrons. The van der Waals surface area contributed by atoms with Crippen LogP contribution >= 0.6 is 34.3 Å². The molecular formula is C18H11ClN2OS2. The van der Waals surface area contributed by atoms with Crippen molar-refractivity contribution in [2.45, 2.75) is 0 Å². The number of hydrogen-bond donors (Lipinski definition) is 1. The molecule has 6 heteroatoms. The van der Waals surface area contributed by atoms with Gasteiger partial charge in [-0.15, -0.1) is 22.7 Å². The molecule has 24 heavy (non-hydrogen) atoms. The molecule has 0 aliphatic carbocycles. The number of benzene rings is 2. The number of nitrogens with zero attached hydrogens (tertiary/aromatic N) is 1. The highest BCUT2D eigenvalue weighted by Crippen LogP contribution is 2.34. The van der Waals surface area contributed by atoms with E-state index in [9.17, 15) is 4.79 Å². The zero-order valence-electron chi connectivity index (χ0n) is 12.3. The Bertz CT molecular complexity index is 1010. The van der Waals surface area contributed by atoms with Crippen LogP contribution in [0.5, 0.6) is 0 Å². The summed E-state index contributed by atoms with van der Waals surface area (Å²) >= 11 is 9.14. The van der Waals surface area contributed by atoms with E-state index >= 15 is 0 Å². The van der Waals surface area contributed by atoms with Crippen LogP contribution in [0.4, 0.5) is 5.69 Å². The lowest BCUT2D eigenvalue weighted by molar-refractivity contribution is 0.103. The summed E-state index contributed by atoms with van der Waals surface area (Å²) in [7, 11) is 0. The third-order valence-corrected chi connectivity index (χ3v) is 6.08. The Kier molecular flexibility index (Phi) is 4.06. The van der Waals surface area contributed by atoms with Gasteiger partial charge in [-0.3, -0.25) is 4.79 Å². The van der Waals surface area contributed by atoms with E-state index in [1.807, 2.05) is 42.5 Å². The van der Waals surface area contributed by atoms with Crippen LogP contribution in [0.1, 0.15) is 9.67 Å². The van der Waals surface area contributed by atoms with E-state index < -0.39 is 0 Å². The topological polar surface area (TPSA) is 42.0 Å². The lowest BCUT2D eigenvalue weighted by Gasteiger charge is -2.04. The monoisotopic (exact) mass is 370 g/mol. The Balaban J connectivity index is 1.60. The smallest absolute Gasteiger partial charge is 0.265 e. The maximum Gasteiger partial charge on any atom is 0.265 e. The van der Waals surface area contributed by atoms with Crippen molar-refractivity contribution < 1.29 is 4.79 Å². The number of fused-ring (bicyclic) bond motifs is 1. The molecule has 2 aromatic heterocycles. The van der Waals surface area contributed by atoms with E-state index in [0.29, 0.717) is 15.6 Å². The van der Waals surface area contributed by atoms with Crippen LogP contribution in [0.25, 0.3) is 20.1 Å². The number of amides is 1. The van der Waals surface area contributed by atoms with E-state index in [1.165, 1.54) is 11.3 Å². The van der Waals surface area contributed by atoms with Crippen LogP contribution < -0.4 is 5.32 Å². The van der Waals surface area contributed by atoms with Crippen LogP contribution in [0, 0.1) is 0 Å². The lowest BCUT2D eigenvalue weighted by atomic mass is 10.3. The molecule has 4 rings (SSSR count). The predicted octanol–water partition coefficient (Wildman–Crippen LogP) is 5.93. The van der Waals surface area contributed by atoms with Crippen LogP contribution in [-0.4, -0.2) is 10.9 Å². The van der Waals surface area contributed by atoms with E-state index in [-0.39, 0.29) is 5.91 Å². The van der Waals surface area contributed by atoms with Crippen molar-refractivity contribution in [2.24, 2.45) is 0 Å². The molecule has 0 atom stereocenters. The number of carbonyl (C=O) groups is 1. The molecule has 0 saturated carbocycles. The molecular weight excluding hydrogens is 360 g/mol. The van der Waals surface area contributed by atoms with E-state index in [2.05, 4.69) is 16.4 Å². The number of rotatable bonds is 3. The molecule has 0 bridgehead atoms. The highest BCUT2D eigenvalue weighted by Gasteiger charge is 2.14. The number of hydrogen-bond acceptors (Lipinski definition) is 4. The van der Waals surface area contributed by atoms with Crippen LogP contribution in [-0.2, 0) is 0 Å². The highest BCUT2D eigenvalue weighted by atomic mass is 35.5. The second-order valence-electron chi connectivity index (χ2n) is 5.08. The van der Waals surface area contributed by atoms with Gasteiger partial charge in [0.15, 0.2) is 0 Å². The third-order valence-electron chi connectivity index (χ3n) is 3.46. The first-order valence-corrected chi connectivity index (χ1v) is 9.23. The molecule has 0 fully saturated rings. The lowest BCUT2D eigenvalue weighted by Crippen LogP contribution is -2.10. The van der Waals surface area contributed by atoms with Gasteiger partial charge in [0.2, 0.25) is 0 Å².